The number of nitrogens with one attached hydrogen (secondary N) is 2. The van der Waals surface area contributed by atoms with Crippen molar-refractivity contribution in [1.82, 2.24) is 14.7 Å². The lowest BCUT2D eigenvalue weighted by molar-refractivity contribution is -0.116. The third-order valence-electron chi connectivity index (χ3n) is 5.90. The molecule has 7 nitrogen and oxygen atoms in total. The van der Waals surface area contributed by atoms with Crippen LogP contribution in [0.25, 0.3) is 16.9 Å². The molecule has 1 aromatic heterocycles. The summed E-state index contributed by atoms with van der Waals surface area (Å²) >= 11 is 12.4. The molecule has 3 amide bonds. The summed E-state index contributed by atoms with van der Waals surface area (Å²) in [6, 6.07) is 23.8. The van der Waals surface area contributed by atoms with Crippen LogP contribution in [0.3, 0.4) is 0 Å². The van der Waals surface area contributed by atoms with Gasteiger partial charge in [0.15, 0.2) is 0 Å². The first-order valence-corrected chi connectivity index (χ1v) is 13.1. The van der Waals surface area contributed by atoms with Gasteiger partial charge in [-0.3, -0.25) is 4.79 Å². The highest BCUT2D eigenvalue weighted by molar-refractivity contribution is 6.42. The van der Waals surface area contributed by atoms with Gasteiger partial charge in [0.05, 0.1) is 21.4 Å². The molecule has 0 fully saturated rings. The number of aryl methyl sites for hydroxylation is 1. The molecule has 0 saturated carbocycles. The third kappa shape index (κ3) is 6.94. The van der Waals surface area contributed by atoms with E-state index in [-0.39, 0.29) is 18.5 Å². The summed E-state index contributed by atoms with van der Waals surface area (Å²) in [5.74, 6) is 0.0996. The summed E-state index contributed by atoms with van der Waals surface area (Å²) in [6.07, 6.45) is 1.66. The standard InChI is InChI=1S/C29H29Cl2N5O2/c1-3-4-16-35(29(38)32-22-12-10-20(2)11-13-22)19-28(37)33-27-18-26(21-8-6-5-7-9-21)34-36(27)23-14-15-24(30)25(31)17-23/h5-15,17-18H,3-4,16,19H2,1-2H3,(H,32,38)(H,33,37). The maximum atomic E-state index is 13.2. The summed E-state index contributed by atoms with van der Waals surface area (Å²) in [4.78, 5) is 27.8. The predicted molar refractivity (Wildman–Crippen MR) is 154 cm³/mol. The zero-order chi connectivity index (χ0) is 27.1. The van der Waals surface area contributed by atoms with Gasteiger partial charge in [0.1, 0.15) is 12.4 Å². The van der Waals surface area contributed by atoms with Gasteiger partial charge in [-0.2, -0.15) is 5.10 Å². The van der Waals surface area contributed by atoms with Crippen molar-refractivity contribution in [2.75, 3.05) is 23.7 Å². The number of hydrogen-bond donors (Lipinski definition) is 2. The molecule has 0 radical (unpaired) electrons. The highest BCUT2D eigenvalue weighted by Crippen LogP contribution is 2.29. The van der Waals surface area contributed by atoms with Gasteiger partial charge >= 0.3 is 6.03 Å². The van der Waals surface area contributed by atoms with Gasteiger partial charge in [0, 0.05) is 23.9 Å². The molecule has 1 heterocycles. The van der Waals surface area contributed by atoms with E-state index in [0.29, 0.717) is 39.5 Å². The smallest absolute Gasteiger partial charge is 0.315 e. The molecule has 0 atom stereocenters. The van der Waals surface area contributed by atoms with Crippen LogP contribution >= 0.6 is 23.2 Å². The first-order valence-electron chi connectivity index (χ1n) is 12.4. The van der Waals surface area contributed by atoms with Crippen LogP contribution in [0.15, 0.2) is 78.9 Å². The number of halogens is 2. The number of benzene rings is 3. The SMILES string of the molecule is CCCCN(CC(=O)Nc1cc(-c2ccccc2)nn1-c1ccc(Cl)c(Cl)c1)C(=O)Nc1ccc(C)cc1. The Morgan fingerprint density at radius 1 is 0.921 bits per heavy atom. The van der Waals surface area contributed by atoms with Crippen LogP contribution in [0.1, 0.15) is 25.3 Å². The van der Waals surface area contributed by atoms with E-state index >= 15 is 0 Å². The van der Waals surface area contributed by atoms with Crippen LogP contribution in [0.4, 0.5) is 16.3 Å². The van der Waals surface area contributed by atoms with Crippen LogP contribution in [0.2, 0.25) is 10.0 Å². The number of rotatable bonds is 9. The zero-order valence-corrected chi connectivity index (χ0v) is 22.8. The first-order chi connectivity index (χ1) is 18.3. The molecule has 0 aliphatic heterocycles. The van der Waals surface area contributed by atoms with Gasteiger partial charge in [-0.1, -0.05) is 84.6 Å². The number of carbonyl (C=O) groups excluding carboxylic acids is 2. The monoisotopic (exact) mass is 549 g/mol. The van der Waals surface area contributed by atoms with E-state index < -0.39 is 0 Å². The van der Waals surface area contributed by atoms with Crippen molar-refractivity contribution >= 4 is 46.6 Å². The molecule has 0 unspecified atom stereocenters. The fourth-order valence-corrected chi connectivity index (χ4v) is 4.12. The lowest BCUT2D eigenvalue weighted by Crippen LogP contribution is -2.41. The minimum absolute atomic E-state index is 0.120. The molecule has 0 spiro atoms. The minimum Gasteiger partial charge on any atom is -0.315 e. The van der Waals surface area contributed by atoms with Crippen molar-refractivity contribution in [3.63, 3.8) is 0 Å². The minimum atomic E-state index is -0.346. The van der Waals surface area contributed by atoms with E-state index in [4.69, 9.17) is 28.3 Å². The fraction of sp³-hybridized carbons (Fsp3) is 0.207. The summed E-state index contributed by atoms with van der Waals surface area (Å²) in [5.41, 5.74) is 3.97. The van der Waals surface area contributed by atoms with Crippen molar-refractivity contribution in [2.24, 2.45) is 0 Å². The Balaban J connectivity index is 1.57. The van der Waals surface area contributed by atoms with Crippen LogP contribution in [0.5, 0.6) is 0 Å². The van der Waals surface area contributed by atoms with Gasteiger partial charge in [0.25, 0.3) is 0 Å². The number of carbonyl (C=O) groups is 2. The number of amides is 3. The molecule has 38 heavy (non-hydrogen) atoms. The van der Waals surface area contributed by atoms with Gasteiger partial charge < -0.3 is 15.5 Å². The lowest BCUT2D eigenvalue weighted by Gasteiger charge is -2.22. The van der Waals surface area contributed by atoms with Crippen LogP contribution < -0.4 is 10.6 Å². The number of unbranched alkanes of at least 4 members (excludes halogenated alkanes) is 1. The van der Waals surface area contributed by atoms with Crippen LogP contribution in [-0.2, 0) is 4.79 Å². The highest BCUT2D eigenvalue weighted by Gasteiger charge is 2.20. The lowest BCUT2D eigenvalue weighted by atomic mass is 10.1. The van der Waals surface area contributed by atoms with Crippen molar-refractivity contribution in [3.05, 3.63) is 94.5 Å². The quantitative estimate of drug-likeness (QED) is 0.228. The van der Waals surface area contributed by atoms with Gasteiger partial charge in [-0.25, -0.2) is 9.48 Å². The van der Waals surface area contributed by atoms with E-state index in [1.807, 2.05) is 68.4 Å². The Bertz CT molecular complexity index is 1400. The second-order valence-electron chi connectivity index (χ2n) is 8.91. The van der Waals surface area contributed by atoms with E-state index in [0.717, 1.165) is 24.0 Å². The van der Waals surface area contributed by atoms with Gasteiger partial charge in [-0.05, 0) is 43.7 Å². The summed E-state index contributed by atoms with van der Waals surface area (Å²) in [5, 5.41) is 11.3. The Morgan fingerprint density at radius 2 is 1.66 bits per heavy atom. The number of anilines is 2. The average Bonchev–Trinajstić information content (AvgIpc) is 3.33. The molecular formula is C29H29Cl2N5O2. The van der Waals surface area contributed by atoms with E-state index in [9.17, 15) is 9.59 Å². The first kappa shape index (κ1) is 27.2. The van der Waals surface area contributed by atoms with Gasteiger partial charge in [0.2, 0.25) is 5.91 Å². The van der Waals surface area contributed by atoms with Gasteiger partial charge in [-0.15, -0.1) is 0 Å². The Morgan fingerprint density at radius 3 is 2.34 bits per heavy atom. The average molecular weight is 550 g/mol. The molecule has 9 heteroatoms. The second kappa shape index (κ2) is 12.6. The molecule has 4 rings (SSSR count). The molecule has 2 N–H and O–H groups in total. The van der Waals surface area contributed by atoms with E-state index in [2.05, 4.69) is 10.6 Å². The molecule has 0 saturated heterocycles. The molecule has 0 aliphatic rings. The normalized spacial score (nSPS) is 10.7. The topological polar surface area (TPSA) is 79.3 Å². The molecule has 3 aromatic carbocycles. The summed E-state index contributed by atoms with van der Waals surface area (Å²) < 4.78 is 1.60. The fourth-order valence-electron chi connectivity index (χ4n) is 3.83. The second-order valence-corrected chi connectivity index (χ2v) is 9.72. The van der Waals surface area contributed by atoms with Crippen LogP contribution in [0, 0.1) is 6.92 Å². The van der Waals surface area contributed by atoms with Crippen molar-refractivity contribution in [3.8, 4) is 16.9 Å². The predicted octanol–water partition coefficient (Wildman–Crippen LogP) is 7.43. The van der Waals surface area contributed by atoms with E-state index in [1.54, 1.807) is 28.9 Å². The maximum Gasteiger partial charge on any atom is 0.322 e. The number of urea groups is 1. The number of nitrogens with zero attached hydrogens (tertiary/aromatic N) is 3. The largest absolute Gasteiger partial charge is 0.322 e. The van der Waals surface area contributed by atoms with Crippen molar-refractivity contribution in [1.29, 1.82) is 0 Å². The Hall–Kier alpha value is -3.81. The zero-order valence-electron chi connectivity index (χ0n) is 21.2. The molecule has 0 bridgehead atoms. The highest BCUT2D eigenvalue weighted by atomic mass is 35.5. The molecule has 0 aliphatic carbocycles. The maximum absolute atomic E-state index is 13.2. The van der Waals surface area contributed by atoms with Crippen LogP contribution in [-0.4, -0.2) is 39.7 Å². The number of aromatic nitrogens is 2. The number of hydrogen-bond acceptors (Lipinski definition) is 3. The Kier molecular flexibility index (Phi) is 9.05. The molecule has 196 valence electrons. The van der Waals surface area contributed by atoms with Crippen molar-refractivity contribution < 1.29 is 9.59 Å². The molecular weight excluding hydrogens is 521 g/mol. The third-order valence-corrected chi connectivity index (χ3v) is 6.64. The molecule has 4 aromatic rings. The summed E-state index contributed by atoms with van der Waals surface area (Å²) in [6.45, 7) is 4.35. The van der Waals surface area contributed by atoms with E-state index in [1.165, 1.54) is 4.90 Å². The van der Waals surface area contributed by atoms with Crippen molar-refractivity contribution in [2.45, 2.75) is 26.7 Å². The Labute approximate surface area is 232 Å². The summed E-state index contributed by atoms with van der Waals surface area (Å²) in [7, 11) is 0.